The van der Waals surface area contributed by atoms with Crippen molar-refractivity contribution in [3.63, 3.8) is 0 Å². The second-order valence-corrected chi connectivity index (χ2v) is 8.29. The number of nitrogens with one attached hydrogen (secondary N) is 2. The summed E-state index contributed by atoms with van der Waals surface area (Å²) in [6.45, 7) is 2.64. The molecule has 0 bridgehead atoms. The Hall–Kier alpha value is -2.89. The third-order valence-electron chi connectivity index (χ3n) is 4.55. The molecule has 0 aliphatic rings. The molecule has 0 aliphatic carbocycles. The number of amides is 2. The molecular formula is C23H20ClN3OS. The molecule has 0 radical (unpaired) electrons. The van der Waals surface area contributed by atoms with Crippen molar-refractivity contribution >= 4 is 44.9 Å². The van der Waals surface area contributed by atoms with E-state index in [-0.39, 0.29) is 6.03 Å². The van der Waals surface area contributed by atoms with E-state index in [1.54, 1.807) is 11.3 Å². The van der Waals surface area contributed by atoms with Crippen molar-refractivity contribution < 1.29 is 4.79 Å². The average molecular weight is 422 g/mol. The van der Waals surface area contributed by atoms with Crippen LogP contribution in [0.25, 0.3) is 20.8 Å². The molecule has 1 aromatic heterocycles. The number of carbonyl (C=O) groups excluding carboxylic acids is 1. The molecule has 3 aromatic carbocycles. The number of nitrogens with zero attached hydrogens (tertiary/aromatic N) is 1. The van der Waals surface area contributed by atoms with E-state index in [9.17, 15) is 4.79 Å². The Bertz CT molecular complexity index is 1140. The minimum absolute atomic E-state index is 0.220. The zero-order valence-electron chi connectivity index (χ0n) is 15.9. The van der Waals surface area contributed by atoms with Gasteiger partial charge >= 0.3 is 6.03 Å². The fourth-order valence-electron chi connectivity index (χ4n) is 3.00. The number of halogens is 1. The molecular weight excluding hydrogens is 402 g/mol. The van der Waals surface area contributed by atoms with Crippen molar-refractivity contribution in [3.8, 4) is 10.6 Å². The highest BCUT2D eigenvalue weighted by atomic mass is 35.5. The summed E-state index contributed by atoms with van der Waals surface area (Å²) in [5.74, 6) is 0. The first kappa shape index (κ1) is 19.4. The smallest absolute Gasteiger partial charge is 0.319 e. The number of hydrogen-bond donors (Lipinski definition) is 2. The second kappa shape index (κ2) is 8.64. The fraction of sp³-hybridized carbons (Fsp3) is 0.130. The van der Waals surface area contributed by atoms with Gasteiger partial charge in [0.05, 0.1) is 10.2 Å². The van der Waals surface area contributed by atoms with Crippen molar-refractivity contribution in [2.24, 2.45) is 0 Å². The van der Waals surface area contributed by atoms with Gasteiger partial charge in [0.25, 0.3) is 0 Å². The van der Waals surface area contributed by atoms with Crippen LogP contribution in [0.5, 0.6) is 0 Å². The number of aryl methyl sites for hydroxylation is 1. The molecule has 0 aliphatic heterocycles. The van der Waals surface area contributed by atoms with Gasteiger partial charge in [0.15, 0.2) is 0 Å². The molecule has 29 heavy (non-hydrogen) atoms. The highest BCUT2D eigenvalue weighted by Crippen LogP contribution is 2.31. The largest absolute Gasteiger partial charge is 0.338 e. The summed E-state index contributed by atoms with van der Waals surface area (Å²) in [7, 11) is 0. The fourth-order valence-corrected chi connectivity index (χ4v) is 4.19. The lowest BCUT2D eigenvalue weighted by molar-refractivity contribution is 0.252. The van der Waals surface area contributed by atoms with Gasteiger partial charge in [0.1, 0.15) is 5.01 Å². The van der Waals surface area contributed by atoms with Gasteiger partial charge in [-0.15, -0.1) is 11.3 Å². The molecule has 0 unspecified atom stereocenters. The average Bonchev–Trinajstić information content (AvgIpc) is 3.13. The molecule has 1 heterocycles. The van der Waals surface area contributed by atoms with Crippen LogP contribution in [0.2, 0.25) is 5.02 Å². The summed E-state index contributed by atoms with van der Waals surface area (Å²) in [5.41, 5.74) is 5.16. The predicted octanol–water partition coefficient (Wildman–Crippen LogP) is 6.29. The summed E-state index contributed by atoms with van der Waals surface area (Å²) in [5, 5.41) is 7.42. The lowest BCUT2D eigenvalue weighted by atomic mass is 10.1. The maximum absolute atomic E-state index is 12.1. The summed E-state index contributed by atoms with van der Waals surface area (Å²) >= 11 is 7.56. The molecule has 6 heteroatoms. The van der Waals surface area contributed by atoms with Crippen LogP contribution in [0.3, 0.4) is 0 Å². The first-order valence-electron chi connectivity index (χ1n) is 9.34. The summed E-state index contributed by atoms with van der Waals surface area (Å²) in [6, 6.07) is 21.4. The summed E-state index contributed by atoms with van der Waals surface area (Å²) < 4.78 is 1.18. The number of rotatable bonds is 5. The SMILES string of the molecule is Cc1ccc2nc(-c3ccc(NC(=O)NCCc4ccc(Cl)cc4)cc3)sc2c1. The maximum Gasteiger partial charge on any atom is 0.319 e. The third kappa shape index (κ3) is 4.94. The van der Waals surface area contributed by atoms with Gasteiger partial charge in [-0.3, -0.25) is 0 Å². The van der Waals surface area contributed by atoms with Gasteiger partial charge in [-0.2, -0.15) is 0 Å². The molecule has 0 saturated carbocycles. The summed E-state index contributed by atoms with van der Waals surface area (Å²) in [6.07, 6.45) is 0.751. The minimum Gasteiger partial charge on any atom is -0.338 e. The number of anilines is 1. The normalized spacial score (nSPS) is 10.8. The van der Waals surface area contributed by atoms with E-state index >= 15 is 0 Å². The maximum atomic E-state index is 12.1. The van der Waals surface area contributed by atoms with Crippen molar-refractivity contribution in [3.05, 3.63) is 82.9 Å². The lowest BCUT2D eigenvalue weighted by Gasteiger charge is -2.08. The Morgan fingerprint density at radius 2 is 1.79 bits per heavy atom. The van der Waals surface area contributed by atoms with Crippen LogP contribution in [0.1, 0.15) is 11.1 Å². The Labute approximate surface area is 178 Å². The predicted molar refractivity (Wildman–Crippen MR) is 122 cm³/mol. The highest BCUT2D eigenvalue weighted by Gasteiger charge is 2.07. The van der Waals surface area contributed by atoms with Gasteiger partial charge in [-0.05, 0) is 73.0 Å². The number of hydrogen-bond acceptors (Lipinski definition) is 3. The Kier molecular flexibility index (Phi) is 5.79. The van der Waals surface area contributed by atoms with Gasteiger partial charge in [0.2, 0.25) is 0 Å². The van der Waals surface area contributed by atoms with Crippen LogP contribution in [0.4, 0.5) is 10.5 Å². The van der Waals surface area contributed by atoms with Gasteiger partial charge < -0.3 is 10.6 Å². The highest BCUT2D eigenvalue weighted by molar-refractivity contribution is 7.21. The Morgan fingerprint density at radius 3 is 2.55 bits per heavy atom. The van der Waals surface area contributed by atoms with E-state index in [0.29, 0.717) is 11.6 Å². The van der Waals surface area contributed by atoms with E-state index in [0.717, 1.165) is 33.8 Å². The Morgan fingerprint density at radius 1 is 1.03 bits per heavy atom. The molecule has 2 amide bonds. The quantitative estimate of drug-likeness (QED) is 0.398. The molecule has 146 valence electrons. The molecule has 0 fully saturated rings. The zero-order chi connectivity index (χ0) is 20.2. The number of thiazole rings is 1. The van der Waals surface area contributed by atoms with E-state index in [1.807, 2.05) is 48.5 Å². The molecule has 0 saturated heterocycles. The number of benzene rings is 3. The number of aromatic nitrogens is 1. The summed E-state index contributed by atoms with van der Waals surface area (Å²) in [4.78, 5) is 16.8. The monoisotopic (exact) mass is 421 g/mol. The van der Waals surface area contributed by atoms with Crippen LogP contribution in [-0.4, -0.2) is 17.6 Å². The first-order valence-corrected chi connectivity index (χ1v) is 10.5. The van der Waals surface area contributed by atoms with Crippen LogP contribution >= 0.6 is 22.9 Å². The van der Waals surface area contributed by atoms with Crippen molar-refractivity contribution in [2.45, 2.75) is 13.3 Å². The number of carbonyl (C=O) groups is 1. The van der Waals surface area contributed by atoms with Crippen LogP contribution in [0.15, 0.2) is 66.7 Å². The van der Waals surface area contributed by atoms with Gasteiger partial charge in [0, 0.05) is 22.8 Å². The van der Waals surface area contributed by atoms with Gasteiger partial charge in [-0.25, -0.2) is 9.78 Å². The van der Waals surface area contributed by atoms with Crippen LogP contribution in [-0.2, 0) is 6.42 Å². The Balaban J connectivity index is 1.33. The minimum atomic E-state index is -0.220. The zero-order valence-corrected chi connectivity index (χ0v) is 17.5. The molecule has 2 N–H and O–H groups in total. The number of urea groups is 1. The number of fused-ring (bicyclic) bond motifs is 1. The molecule has 4 rings (SSSR count). The van der Waals surface area contributed by atoms with Crippen LogP contribution in [0, 0.1) is 6.92 Å². The molecule has 4 aromatic rings. The second-order valence-electron chi connectivity index (χ2n) is 6.82. The lowest BCUT2D eigenvalue weighted by Crippen LogP contribution is -2.30. The molecule has 4 nitrogen and oxygen atoms in total. The topological polar surface area (TPSA) is 54.0 Å². The van der Waals surface area contributed by atoms with Crippen molar-refractivity contribution in [1.29, 1.82) is 0 Å². The third-order valence-corrected chi connectivity index (χ3v) is 5.87. The van der Waals surface area contributed by atoms with Gasteiger partial charge in [-0.1, -0.05) is 29.8 Å². The van der Waals surface area contributed by atoms with E-state index < -0.39 is 0 Å². The van der Waals surface area contributed by atoms with Crippen molar-refractivity contribution in [1.82, 2.24) is 10.3 Å². The van der Waals surface area contributed by atoms with Crippen molar-refractivity contribution in [2.75, 3.05) is 11.9 Å². The van der Waals surface area contributed by atoms with Crippen LogP contribution < -0.4 is 10.6 Å². The van der Waals surface area contributed by atoms with E-state index in [4.69, 9.17) is 16.6 Å². The first-order chi connectivity index (χ1) is 14.1. The molecule has 0 atom stereocenters. The molecule has 0 spiro atoms. The van der Waals surface area contributed by atoms with E-state index in [1.165, 1.54) is 10.3 Å². The van der Waals surface area contributed by atoms with E-state index in [2.05, 4.69) is 35.8 Å². The standard InChI is InChI=1S/C23H20ClN3OS/c1-15-2-11-20-21(14-15)29-22(27-20)17-5-9-19(10-6-17)26-23(28)25-13-12-16-3-7-18(24)8-4-16/h2-11,14H,12-13H2,1H3,(H2,25,26,28).